The SMILES string of the molecule is CCNC(CSc1ccccc1Br)c1cc(F)ccc1Cl. The molecule has 0 radical (unpaired) electrons. The Labute approximate surface area is 142 Å². The summed E-state index contributed by atoms with van der Waals surface area (Å²) in [6.07, 6.45) is 0. The fourth-order valence-corrected chi connectivity index (χ4v) is 3.92. The van der Waals surface area contributed by atoms with Crippen molar-refractivity contribution in [3.63, 3.8) is 0 Å². The molecule has 21 heavy (non-hydrogen) atoms. The number of halogens is 3. The molecule has 0 fully saturated rings. The van der Waals surface area contributed by atoms with Crippen molar-refractivity contribution >= 4 is 39.3 Å². The smallest absolute Gasteiger partial charge is 0.123 e. The molecule has 2 rings (SSSR count). The minimum absolute atomic E-state index is 0.00954. The molecule has 0 saturated carbocycles. The van der Waals surface area contributed by atoms with E-state index >= 15 is 0 Å². The van der Waals surface area contributed by atoms with E-state index in [4.69, 9.17) is 11.6 Å². The number of thioether (sulfide) groups is 1. The van der Waals surface area contributed by atoms with Crippen molar-refractivity contribution in [2.75, 3.05) is 12.3 Å². The maximum atomic E-state index is 13.5. The molecule has 0 aliphatic heterocycles. The molecule has 1 atom stereocenters. The monoisotopic (exact) mass is 387 g/mol. The summed E-state index contributed by atoms with van der Waals surface area (Å²) in [5.74, 6) is 0.516. The van der Waals surface area contributed by atoms with Crippen molar-refractivity contribution in [3.05, 3.63) is 63.3 Å². The third-order valence-electron chi connectivity index (χ3n) is 3.03. The number of hydrogen-bond donors (Lipinski definition) is 1. The third kappa shape index (κ3) is 4.71. The van der Waals surface area contributed by atoms with Crippen molar-refractivity contribution in [2.45, 2.75) is 17.9 Å². The van der Waals surface area contributed by atoms with E-state index in [0.29, 0.717) is 5.02 Å². The van der Waals surface area contributed by atoms with E-state index in [-0.39, 0.29) is 11.9 Å². The summed E-state index contributed by atoms with van der Waals surface area (Å²) in [6, 6.07) is 12.6. The van der Waals surface area contributed by atoms with Crippen LogP contribution >= 0.6 is 39.3 Å². The van der Waals surface area contributed by atoms with Gasteiger partial charge >= 0.3 is 0 Å². The first-order chi connectivity index (χ1) is 10.1. The highest BCUT2D eigenvalue weighted by Gasteiger charge is 2.15. The van der Waals surface area contributed by atoms with Crippen molar-refractivity contribution in [1.82, 2.24) is 5.32 Å². The predicted molar refractivity (Wildman–Crippen MR) is 92.7 cm³/mol. The predicted octanol–water partition coefficient (Wildman–Crippen LogP) is 5.68. The van der Waals surface area contributed by atoms with E-state index in [0.717, 1.165) is 27.2 Å². The van der Waals surface area contributed by atoms with Crippen molar-refractivity contribution < 1.29 is 4.39 Å². The first-order valence-electron chi connectivity index (χ1n) is 6.67. The van der Waals surface area contributed by atoms with E-state index in [2.05, 4.69) is 27.3 Å². The van der Waals surface area contributed by atoms with Gasteiger partial charge in [-0.1, -0.05) is 30.7 Å². The third-order valence-corrected chi connectivity index (χ3v) is 5.49. The number of nitrogens with one attached hydrogen (secondary N) is 1. The maximum Gasteiger partial charge on any atom is 0.123 e. The van der Waals surface area contributed by atoms with Gasteiger partial charge in [-0.2, -0.15) is 0 Å². The van der Waals surface area contributed by atoms with Gasteiger partial charge in [-0.25, -0.2) is 4.39 Å². The Kier molecular flexibility index (Phi) is 6.55. The second-order valence-electron chi connectivity index (χ2n) is 4.52. The number of rotatable bonds is 6. The standard InChI is InChI=1S/C16H16BrClFNS/c1-2-20-15(12-9-11(19)7-8-14(12)18)10-21-16-6-4-3-5-13(16)17/h3-9,15,20H,2,10H2,1H3. The van der Waals surface area contributed by atoms with Gasteiger partial charge in [-0.05, 0) is 58.4 Å². The fourth-order valence-electron chi connectivity index (χ4n) is 2.02. The normalized spacial score (nSPS) is 12.4. The lowest BCUT2D eigenvalue weighted by Crippen LogP contribution is -2.23. The molecule has 1 N–H and O–H groups in total. The van der Waals surface area contributed by atoms with Crippen LogP contribution in [0.2, 0.25) is 5.02 Å². The molecule has 1 unspecified atom stereocenters. The van der Waals surface area contributed by atoms with Crippen LogP contribution in [0, 0.1) is 5.82 Å². The Bertz CT molecular complexity index is 609. The van der Waals surface area contributed by atoms with Crippen LogP contribution in [0.25, 0.3) is 0 Å². The van der Waals surface area contributed by atoms with Crippen molar-refractivity contribution in [3.8, 4) is 0 Å². The zero-order valence-corrected chi connectivity index (χ0v) is 14.7. The quantitative estimate of drug-likeness (QED) is 0.638. The lowest BCUT2D eigenvalue weighted by Gasteiger charge is -2.19. The van der Waals surface area contributed by atoms with E-state index in [1.807, 2.05) is 25.1 Å². The lowest BCUT2D eigenvalue weighted by atomic mass is 10.1. The highest BCUT2D eigenvalue weighted by molar-refractivity contribution is 9.10. The lowest BCUT2D eigenvalue weighted by molar-refractivity contribution is 0.589. The molecule has 0 aliphatic rings. The molecule has 112 valence electrons. The average molecular weight is 389 g/mol. The highest BCUT2D eigenvalue weighted by atomic mass is 79.9. The van der Waals surface area contributed by atoms with E-state index in [9.17, 15) is 4.39 Å². The molecule has 0 amide bonds. The minimum Gasteiger partial charge on any atom is -0.309 e. The van der Waals surface area contributed by atoms with E-state index in [1.165, 1.54) is 12.1 Å². The topological polar surface area (TPSA) is 12.0 Å². The number of hydrogen-bond acceptors (Lipinski definition) is 2. The van der Waals surface area contributed by atoms with Gasteiger partial charge in [0.1, 0.15) is 5.82 Å². The zero-order valence-electron chi connectivity index (χ0n) is 11.6. The molecule has 5 heteroatoms. The molecule has 2 aromatic rings. The second-order valence-corrected chi connectivity index (χ2v) is 6.84. The molecule has 0 bridgehead atoms. The van der Waals surface area contributed by atoms with Gasteiger partial charge in [-0.15, -0.1) is 11.8 Å². The Morgan fingerprint density at radius 3 is 2.76 bits per heavy atom. The Hall–Kier alpha value is -0.550. The van der Waals surface area contributed by atoms with Crippen LogP contribution in [0.3, 0.4) is 0 Å². The van der Waals surface area contributed by atoms with Gasteiger partial charge in [0, 0.05) is 26.2 Å². The van der Waals surface area contributed by atoms with Crippen LogP contribution in [-0.2, 0) is 0 Å². The molecule has 0 heterocycles. The molecule has 2 aromatic carbocycles. The summed E-state index contributed by atoms with van der Waals surface area (Å²) in [5, 5.41) is 3.96. The minimum atomic E-state index is -0.261. The van der Waals surface area contributed by atoms with Gasteiger partial charge in [0.25, 0.3) is 0 Å². The van der Waals surface area contributed by atoms with E-state index in [1.54, 1.807) is 17.8 Å². The largest absolute Gasteiger partial charge is 0.309 e. The average Bonchev–Trinajstić information content (AvgIpc) is 2.48. The van der Waals surface area contributed by atoms with Crippen LogP contribution in [0.1, 0.15) is 18.5 Å². The number of benzene rings is 2. The Morgan fingerprint density at radius 1 is 1.29 bits per heavy atom. The van der Waals surface area contributed by atoms with Crippen molar-refractivity contribution in [1.29, 1.82) is 0 Å². The highest BCUT2D eigenvalue weighted by Crippen LogP contribution is 2.32. The summed E-state index contributed by atoms with van der Waals surface area (Å²) in [6.45, 7) is 2.83. The van der Waals surface area contributed by atoms with Crippen LogP contribution in [0.5, 0.6) is 0 Å². The molecule has 0 aliphatic carbocycles. The zero-order chi connectivity index (χ0) is 15.2. The molecule has 1 nitrogen and oxygen atoms in total. The summed E-state index contributed by atoms with van der Waals surface area (Å²) in [5.41, 5.74) is 0.804. The maximum absolute atomic E-state index is 13.5. The summed E-state index contributed by atoms with van der Waals surface area (Å²) in [7, 11) is 0. The van der Waals surface area contributed by atoms with Crippen LogP contribution < -0.4 is 5.32 Å². The molecule has 0 aromatic heterocycles. The summed E-state index contributed by atoms with van der Waals surface area (Å²) < 4.78 is 14.5. The fraction of sp³-hybridized carbons (Fsp3) is 0.250. The van der Waals surface area contributed by atoms with Gasteiger partial charge in [0.2, 0.25) is 0 Å². The summed E-state index contributed by atoms with van der Waals surface area (Å²) in [4.78, 5) is 1.16. The van der Waals surface area contributed by atoms with Crippen LogP contribution in [0.4, 0.5) is 4.39 Å². The van der Waals surface area contributed by atoms with E-state index < -0.39 is 0 Å². The van der Waals surface area contributed by atoms with Crippen LogP contribution in [-0.4, -0.2) is 12.3 Å². The molecule has 0 saturated heterocycles. The molecular formula is C16H16BrClFNS. The van der Waals surface area contributed by atoms with Crippen LogP contribution in [0.15, 0.2) is 51.8 Å². The van der Waals surface area contributed by atoms with Gasteiger partial charge in [-0.3, -0.25) is 0 Å². The van der Waals surface area contributed by atoms with Gasteiger partial charge < -0.3 is 5.32 Å². The van der Waals surface area contributed by atoms with Gasteiger partial charge in [0.15, 0.2) is 0 Å². The molecular weight excluding hydrogens is 373 g/mol. The Balaban J connectivity index is 2.16. The molecule has 0 spiro atoms. The van der Waals surface area contributed by atoms with Gasteiger partial charge in [0.05, 0.1) is 0 Å². The second kappa shape index (κ2) is 8.18. The first kappa shape index (κ1) is 16.8. The Morgan fingerprint density at radius 2 is 2.05 bits per heavy atom. The summed E-state index contributed by atoms with van der Waals surface area (Å²) >= 11 is 11.5. The first-order valence-corrected chi connectivity index (χ1v) is 8.83. The van der Waals surface area contributed by atoms with Crippen molar-refractivity contribution in [2.24, 2.45) is 0 Å².